The molecule has 1 aromatic carbocycles. The second-order valence-electron chi connectivity index (χ2n) is 4.80. The average Bonchev–Trinajstić information content (AvgIpc) is 2.54. The molecule has 0 unspecified atom stereocenters. The number of nitrogens with zero attached hydrogens (tertiary/aromatic N) is 2. The molecule has 0 heterocycles. The summed E-state index contributed by atoms with van der Waals surface area (Å²) in [5.74, 6) is -0.198. The largest absolute Gasteiger partial charge is 0.326 e. The number of carbonyl (C=O) groups is 1. The van der Waals surface area contributed by atoms with E-state index in [0.717, 1.165) is 0 Å². The Bertz CT molecular complexity index is 574. The maximum atomic E-state index is 10.9. The van der Waals surface area contributed by atoms with Crippen molar-refractivity contribution >= 4 is 17.7 Å². The predicted octanol–water partition coefficient (Wildman–Crippen LogP) is 3.47. The van der Waals surface area contributed by atoms with Crippen LogP contribution in [0.5, 0.6) is 0 Å². The van der Waals surface area contributed by atoms with E-state index in [1.54, 1.807) is 36.4 Å². The first-order chi connectivity index (χ1) is 11.1. The zero-order chi connectivity index (χ0) is 17.5. The van der Waals surface area contributed by atoms with E-state index in [-0.39, 0.29) is 11.5 Å². The topological polar surface area (TPSA) is 88.7 Å². The third-order valence-corrected chi connectivity index (χ3v) is 2.67. The Kier molecular flexibility index (Phi) is 11.6. The van der Waals surface area contributed by atoms with Crippen LogP contribution in [0.3, 0.4) is 0 Å². The minimum absolute atomic E-state index is 0.00204. The van der Waals surface area contributed by atoms with Gasteiger partial charge in [0, 0.05) is 18.2 Å². The molecule has 0 saturated heterocycles. The van der Waals surface area contributed by atoms with E-state index < -0.39 is 0 Å². The van der Waals surface area contributed by atoms with Crippen molar-refractivity contribution in [1.82, 2.24) is 5.32 Å². The van der Waals surface area contributed by atoms with E-state index in [9.17, 15) is 4.79 Å². The molecule has 1 rings (SSSR count). The number of para-hydroxylation sites is 1. The summed E-state index contributed by atoms with van der Waals surface area (Å²) >= 11 is 0. The molecule has 23 heavy (non-hydrogen) atoms. The number of hydrogen-bond donors (Lipinski definition) is 2. The van der Waals surface area contributed by atoms with Crippen molar-refractivity contribution in [2.75, 3.05) is 18.4 Å². The van der Waals surface area contributed by atoms with Crippen LogP contribution in [0, 0.1) is 22.7 Å². The van der Waals surface area contributed by atoms with E-state index in [1.807, 2.05) is 0 Å². The van der Waals surface area contributed by atoms with Gasteiger partial charge in [0.1, 0.15) is 17.7 Å². The molecule has 0 aromatic heterocycles. The van der Waals surface area contributed by atoms with Crippen LogP contribution in [0.25, 0.3) is 6.08 Å². The SMILES string of the molecule is CC(=O)Nc1ccccc1C=C(C#N)C#N.CCCNCCC. The van der Waals surface area contributed by atoms with Crippen molar-refractivity contribution in [3.63, 3.8) is 0 Å². The lowest BCUT2D eigenvalue weighted by Gasteiger charge is -2.05. The summed E-state index contributed by atoms with van der Waals surface area (Å²) in [6, 6.07) is 10.5. The number of allylic oxidation sites excluding steroid dienone is 1. The molecule has 0 atom stereocenters. The Morgan fingerprint density at radius 3 is 2.17 bits per heavy atom. The van der Waals surface area contributed by atoms with Gasteiger partial charge in [0.25, 0.3) is 0 Å². The lowest BCUT2D eigenvalue weighted by molar-refractivity contribution is -0.114. The zero-order valence-electron chi connectivity index (χ0n) is 14.0. The van der Waals surface area contributed by atoms with Crippen molar-refractivity contribution in [1.29, 1.82) is 10.5 Å². The number of hydrogen-bond acceptors (Lipinski definition) is 4. The van der Waals surface area contributed by atoms with Crippen molar-refractivity contribution in [2.24, 2.45) is 0 Å². The Morgan fingerprint density at radius 2 is 1.70 bits per heavy atom. The average molecular weight is 312 g/mol. The molecule has 0 spiro atoms. The lowest BCUT2D eigenvalue weighted by Crippen LogP contribution is -2.14. The summed E-state index contributed by atoms with van der Waals surface area (Å²) in [6.07, 6.45) is 3.94. The zero-order valence-corrected chi connectivity index (χ0v) is 14.0. The fraction of sp³-hybridized carbons (Fsp3) is 0.389. The van der Waals surface area contributed by atoms with Gasteiger partial charge < -0.3 is 10.6 Å². The van der Waals surface area contributed by atoms with Gasteiger partial charge in [-0.2, -0.15) is 10.5 Å². The number of benzene rings is 1. The molecule has 2 N–H and O–H groups in total. The highest BCUT2D eigenvalue weighted by Gasteiger charge is 2.02. The first-order valence-corrected chi connectivity index (χ1v) is 7.68. The van der Waals surface area contributed by atoms with Crippen LogP contribution in [0.2, 0.25) is 0 Å². The van der Waals surface area contributed by atoms with E-state index in [2.05, 4.69) is 24.5 Å². The fourth-order valence-electron chi connectivity index (χ4n) is 1.65. The number of nitrogens with one attached hydrogen (secondary N) is 2. The van der Waals surface area contributed by atoms with Gasteiger partial charge in [-0.05, 0) is 38.1 Å². The van der Waals surface area contributed by atoms with Gasteiger partial charge in [0.15, 0.2) is 0 Å². The van der Waals surface area contributed by atoms with Crippen LogP contribution in [-0.2, 0) is 4.79 Å². The van der Waals surface area contributed by atoms with E-state index in [0.29, 0.717) is 11.3 Å². The van der Waals surface area contributed by atoms with Gasteiger partial charge in [-0.3, -0.25) is 4.79 Å². The number of carbonyl (C=O) groups excluding carboxylic acids is 1. The number of amides is 1. The first kappa shape index (κ1) is 20.4. The molecule has 0 aliphatic carbocycles. The van der Waals surface area contributed by atoms with Crippen LogP contribution >= 0.6 is 0 Å². The van der Waals surface area contributed by atoms with Gasteiger partial charge in [0.2, 0.25) is 5.91 Å². The Labute approximate surface area is 138 Å². The van der Waals surface area contributed by atoms with Crippen molar-refractivity contribution in [2.45, 2.75) is 33.6 Å². The van der Waals surface area contributed by atoms with Crippen molar-refractivity contribution in [3.8, 4) is 12.1 Å². The van der Waals surface area contributed by atoms with Crippen LogP contribution in [-0.4, -0.2) is 19.0 Å². The Morgan fingerprint density at radius 1 is 1.13 bits per heavy atom. The molecular formula is C18H24N4O. The Hall–Kier alpha value is -2.63. The minimum atomic E-state index is -0.198. The van der Waals surface area contributed by atoms with Gasteiger partial charge in [-0.25, -0.2) is 0 Å². The van der Waals surface area contributed by atoms with Crippen LogP contribution < -0.4 is 10.6 Å². The van der Waals surface area contributed by atoms with Gasteiger partial charge in [-0.1, -0.05) is 32.0 Å². The summed E-state index contributed by atoms with van der Waals surface area (Å²) in [5.41, 5.74) is 1.21. The molecule has 5 nitrogen and oxygen atoms in total. The van der Waals surface area contributed by atoms with Crippen LogP contribution in [0.15, 0.2) is 29.8 Å². The summed E-state index contributed by atoms with van der Waals surface area (Å²) in [7, 11) is 0. The highest BCUT2D eigenvalue weighted by molar-refractivity contribution is 5.91. The third-order valence-electron chi connectivity index (χ3n) is 2.67. The minimum Gasteiger partial charge on any atom is -0.326 e. The normalized spacial score (nSPS) is 8.74. The van der Waals surface area contributed by atoms with Crippen molar-refractivity contribution < 1.29 is 4.79 Å². The molecule has 5 heteroatoms. The second-order valence-corrected chi connectivity index (χ2v) is 4.80. The van der Waals surface area contributed by atoms with E-state index >= 15 is 0 Å². The molecule has 1 amide bonds. The van der Waals surface area contributed by atoms with Gasteiger partial charge in [0.05, 0.1) is 0 Å². The monoisotopic (exact) mass is 312 g/mol. The molecule has 122 valence electrons. The molecule has 0 aliphatic rings. The smallest absolute Gasteiger partial charge is 0.221 e. The molecule has 0 fully saturated rings. The quantitative estimate of drug-likeness (QED) is 0.622. The van der Waals surface area contributed by atoms with Gasteiger partial charge >= 0.3 is 0 Å². The predicted molar refractivity (Wildman–Crippen MR) is 93.4 cm³/mol. The molecule has 0 saturated carbocycles. The van der Waals surface area contributed by atoms with Gasteiger partial charge in [-0.15, -0.1) is 0 Å². The van der Waals surface area contributed by atoms with Crippen LogP contribution in [0.1, 0.15) is 39.2 Å². The molecule has 1 aromatic rings. The lowest BCUT2D eigenvalue weighted by atomic mass is 10.1. The van der Waals surface area contributed by atoms with Crippen molar-refractivity contribution in [3.05, 3.63) is 35.4 Å². The molecular weight excluding hydrogens is 288 g/mol. The highest BCUT2D eigenvalue weighted by Crippen LogP contribution is 2.18. The second kappa shape index (κ2) is 13.1. The standard InChI is InChI=1S/C12H9N3O.C6H15N/c1-9(16)15-12-5-3-2-4-11(12)6-10(7-13)8-14;1-3-5-7-6-4-2/h2-6H,1H3,(H,15,16);7H,3-6H2,1-2H3. The third kappa shape index (κ3) is 9.84. The molecule has 0 aliphatic heterocycles. The highest BCUT2D eigenvalue weighted by atomic mass is 16.1. The first-order valence-electron chi connectivity index (χ1n) is 7.68. The van der Waals surface area contributed by atoms with E-state index in [4.69, 9.17) is 10.5 Å². The maximum Gasteiger partial charge on any atom is 0.221 e. The summed E-state index contributed by atoms with van der Waals surface area (Å²) in [5, 5.41) is 23.2. The number of anilines is 1. The summed E-state index contributed by atoms with van der Waals surface area (Å²) in [4.78, 5) is 10.9. The number of nitriles is 2. The Balaban J connectivity index is 0.000000585. The molecule has 0 bridgehead atoms. The van der Waals surface area contributed by atoms with E-state index in [1.165, 1.54) is 38.9 Å². The maximum absolute atomic E-state index is 10.9. The van der Waals surface area contributed by atoms with Crippen LogP contribution in [0.4, 0.5) is 5.69 Å². The molecule has 0 radical (unpaired) electrons. The fourth-order valence-corrected chi connectivity index (χ4v) is 1.65. The summed E-state index contributed by atoms with van der Waals surface area (Å²) in [6.45, 7) is 8.11. The summed E-state index contributed by atoms with van der Waals surface area (Å²) < 4.78 is 0. The number of rotatable bonds is 6.